The molecule has 9 heteroatoms. The molecule has 1 aromatic carbocycles. The first-order valence-corrected chi connectivity index (χ1v) is 13.0. The lowest BCUT2D eigenvalue weighted by Gasteiger charge is -2.11. The molecule has 7 nitrogen and oxygen atoms in total. The van der Waals surface area contributed by atoms with Crippen molar-refractivity contribution < 1.29 is 4.42 Å². The lowest BCUT2D eigenvalue weighted by molar-refractivity contribution is 0.565. The molecule has 0 fully saturated rings. The smallest absolute Gasteiger partial charge is 0.261 e. The van der Waals surface area contributed by atoms with Gasteiger partial charge in [-0.2, -0.15) is 0 Å². The number of anilines is 1. The molecule has 0 aliphatic heterocycles. The van der Waals surface area contributed by atoms with Gasteiger partial charge in [-0.1, -0.05) is 67.4 Å². The lowest BCUT2D eigenvalue weighted by Crippen LogP contribution is -2.11. The van der Waals surface area contributed by atoms with Gasteiger partial charge in [0.15, 0.2) is 11.6 Å². The molecule has 38 heavy (non-hydrogen) atoms. The second kappa shape index (κ2) is 11.3. The molecule has 0 unspecified atom stereocenters. The third-order valence-electron chi connectivity index (χ3n) is 5.84. The molecule has 0 bridgehead atoms. The van der Waals surface area contributed by atoms with Crippen LogP contribution in [0.25, 0.3) is 39.6 Å². The third-order valence-corrected chi connectivity index (χ3v) is 6.50. The van der Waals surface area contributed by atoms with Crippen molar-refractivity contribution in [3.8, 4) is 11.6 Å². The van der Waals surface area contributed by atoms with Crippen LogP contribution in [0.1, 0.15) is 38.5 Å². The molecule has 196 valence electrons. The van der Waals surface area contributed by atoms with Crippen molar-refractivity contribution in [3.05, 3.63) is 92.1 Å². The molecular weight excluding hydrogens is 521 g/mol. The number of aromatic nitrogens is 4. The van der Waals surface area contributed by atoms with Crippen LogP contribution in [0, 0.1) is 6.92 Å². The predicted octanol–water partition coefficient (Wildman–Crippen LogP) is 7.94. The van der Waals surface area contributed by atoms with Gasteiger partial charge in [0.2, 0.25) is 5.95 Å². The average molecular weight is 550 g/mol. The zero-order valence-electron chi connectivity index (χ0n) is 21.9. The Morgan fingerprint density at radius 2 is 1.97 bits per heavy atom. The fraction of sp³-hybridized carbons (Fsp3) is 0.207. The fourth-order valence-corrected chi connectivity index (χ4v) is 4.55. The first-order valence-electron chi connectivity index (χ1n) is 12.2. The normalized spacial score (nSPS) is 13.6. The number of fused-ring (bicyclic) bond motifs is 3. The molecule has 0 spiro atoms. The van der Waals surface area contributed by atoms with Crippen molar-refractivity contribution in [3.63, 3.8) is 0 Å². The molecule has 2 N–H and O–H groups in total. The van der Waals surface area contributed by atoms with E-state index in [1.165, 1.54) is 0 Å². The summed E-state index contributed by atoms with van der Waals surface area (Å²) in [5, 5.41) is 4.69. The Morgan fingerprint density at radius 1 is 1.24 bits per heavy atom. The van der Waals surface area contributed by atoms with E-state index in [1.54, 1.807) is 16.7 Å². The summed E-state index contributed by atoms with van der Waals surface area (Å²) >= 11 is 12.9. The maximum atomic E-state index is 13.3. The number of H-pyrrole nitrogens is 1. The monoisotopic (exact) mass is 549 g/mol. The summed E-state index contributed by atoms with van der Waals surface area (Å²) in [5.74, 6) is 2.01. The number of imidazole rings is 1. The van der Waals surface area contributed by atoms with Crippen molar-refractivity contribution >= 4 is 57.2 Å². The van der Waals surface area contributed by atoms with Gasteiger partial charge in [-0.15, -0.1) is 0 Å². The highest BCUT2D eigenvalue weighted by molar-refractivity contribution is 6.36. The van der Waals surface area contributed by atoms with Crippen LogP contribution in [0.4, 0.5) is 5.95 Å². The number of hydrogen-bond acceptors (Lipinski definition) is 5. The highest BCUT2D eigenvalue weighted by Gasteiger charge is 2.19. The van der Waals surface area contributed by atoms with Gasteiger partial charge in [-0.25, -0.2) is 9.97 Å². The van der Waals surface area contributed by atoms with Crippen LogP contribution >= 0.6 is 23.2 Å². The van der Waals surface area contributed by atoms with Crippen molar-refractivity contribution in [2.75, 3.05) is 5.32 Å². The summed E-state index contributed by atoms with van der Waals surface area (Å²) in [5.41, 5.74) is 3.92. The number of aryl methyl sites for hydroxylation is 2. The van der Waals surface area contributed by atoms with Gasteiger partial charge < -0.3 is 19.3 Å². The Morgan fingerprint density at radius 3 is 2.71 bits per heavy atom. The molecule has 5 rings (SSSR count). The van der Waals surface area contributed by atoms with Crippen molar-refractivity contribution in [1.82, 2.24) is 19.5 Å². The third kappa shape index (κ3) is 5.26. The predicted molar refractivity (Wildman–Crippen MR) is 158 cm³/mol. The standard InChI is InChI=1S/C27H23Cl2N5O2.C2H6/c1-14(2)9-12-20-15(3)13-21(36-20)25-30-18-10-11-19-24(22(18)26(35)33-25)34(4)27(31-19)32-23-16(28)7-5-6-8-17(23)29;1-2/h5-7,9-13H,1,8H2,2-4H3,(H,31,32)(H,30,33,35);1-2H3/b12-9-;. The van der Waals surface area contributed by atoms with E-state index in [0.717, 1.165) is 11.1 Å². The Hall–Kier alpha value is -3.81. The minimum atomic E-state index is -0.294. The minimum absolute atomic E-state index is 0.294. The van der Waals surface area contributed by atoms with Crippen LogP contribution in [0.3, 0.4) is 0 Å². The van der Waals surface area contributed by atoms with Gasteiger partial charge >= 0.3 is 0 Å². The summed E-state index contributed by atoms with van der Waals surface area (Å²) in [4.78, 5) is 25.5. The molecule has 0 saturated heterocycles. The Kier molecular flexibility index (Phi) is 8.09. The molecular formula is C29H29Cl2N5O2. The fourth-order valence-electron chi connectivity index (χ4n) is 4.03. The van der Waals surface area contributed by atoms with Crippen LogP contribution < -0.4 is 10.9 Å². The zero-order valence-corrected chi connectivity index (χ0v) is 23.5. The van der Waals surface area contributed by atoms with Gasteiger partial charge in [0.25, 0.3) is 5.56 Å². The molecule has 0 amide bonds. The first-order chi connectivity index (χ1) is 18.2. The summed E-state index contributed by atoms with van der Waals surface area (Å²) in [6.45, 7) is 11.7. The number of rotatable bonds is 5. The van der Waals surface area contributed by atoms with E-state index < -0.39 is 0 Å². The maximum absolute atomic E-state index is 13.3. The van der Waals surface area contributed by atoms with E-state index in [1.807, 2.05) is 71.2 Å². The molecule has 0 radical (unpaired) electrons. The van der Waals surface area contributed by atoms with Crippen molar-refractivity contribution in [2.45, 2.75) is 34.1 Å². The SMILES string of the molecule is C=C(C)/C=C\c1oc(-c2nc3ccc4nc(NC5=C(Cl)CC=CC=C5Cl)n(C)c4c3c(=O)[nH]2)cc1C.CC. The lowest BCUT2D eigenvalue weighted by atomic mass is 10.2. The number of aromatic amines is 1. The van der Waals surface area contributed by atoms with Crippen LogP contribution in [0.15, 0.2) is 79.6 Å². The summed E-state index contributed by atoms with van der Waals surface area (Å²) in [7, 11) is 1.82. The van der Waals surface area contributed by atoms with E-state index in [4.69, 9.17) is 27.6 Å². The van der Waals surface area contributed by atoms with Crippen LogP contribution in [0.5, 0.6) is 0 Å². The molecule has 1 aliphatic rings. The number of benzene rings is 1. The number of halogens is 2. The van der Waals surface area contributed by atoms with Crippen molar-refractivity contribution in [1.29, 1.82) is 0 Å². The number of allylic oxidation sites excluding steroid dienone is 7. The topological polar surface area (TPSA) is 88.7 Å². The van der Waals surface area contributed by atoms with E-state index in [0.29, 0.717) is 67.4 Å². The van der Waals surface area contributed by atoms with Gasteiger partial charge in [0, 0.05) is 18.5 Å². The van der Waals surface area contributed by atoms with E-state index in [9.17, 15) is 4.79 Å². The molecule has 3 aromatic heterocycles. The number of nitrogens with zero attached hydrogens (tertiary/aromatic N) is 3. The highest BCUT2D eigenvalue weighted by atomic mass is 35.5. The largest absolute Gasteiger partial charge is 0.453 e. The quantitative estimate of drug-likeness (QED) is 0.246. The highest BCUT2D eigenvalue weighted by Crippen LogP contribution is 2.31. The summed E-state index contributed by atoms with van der Waals surface area (Å²) < 4.78 is 7.75. The van der Waals surface area contributed by atoms with Crippen LogP contribution in [-0.4, -0.2) is 19.5 Å². The first kappa shape index (κ1) is 27.2. The summed E-state index contributed by atoms with van der Waals surface area (Å²) in [6.07, 6.45) is 9.81. The van der Waals surface area contributed by atoms with E-state index in [2.05, 4.69) is 26.8 Å². The minimum Gasteiger partial charge on any atom is -0.453 e. The summed E-state index contributed by atoms with van der Waals surface area (Å²) in [6, 6.07) is 5.46. The number of furan rings is 1. The van der Waals surface area contributed by atoms with Gasteiger partial charge in [0.05, 0.1) is 32.7 Å². The number of nitrogens with one attached hydrogen (secondary N) is 2. The van der Waals surface area contributed by atoms with Gasteiger partial charge in [0.1, 0.15) is 5.76 Å². The molecule has 3 heterocycles. The zero-order chi connectivity index (χ0) is 27.6. The van der Waals surface area contributed by atoms with E-state index in [-0.39, 0.29) is 5.56 Å². The molecule has 4 aromatic rings. The number of hydrogen-bond donors (Lipinski definition) is 2. The Bertz CT molecular complexity index is 1730. The molecule has 1 aliphatic carbocycles. The Labute approximate surface area is 230 Å². The van der Waals surface area contributed by atoms with Crippen molar-refractivity contribution in [2.24, 2.45) is 7.05 Å². The van der Waals surface area contributed by atoms with Crippen LogP contribution in [-0.2, 0) is 7.05 Å². The Balaban J connectivity index is 0.00000164. The average Bonchev–Trinajstić information content (AvgIpc) is 3.38. The van der Waals surface area contributed by atoms with Gasteiger partial charge in [-0.05, 0) is 49.8 Å². The second-order valence-corrected chi connectivity index (χ2v) is 9.49. The second-order valence-electron chi connectivity index (χ2n) is 8.63. The van der Waals surface area contributed by atoms with Crippen LogP contribution in [0.2, 0.25) is 0 Å². The van der Waals surface area contributed by atoms with Gasteiger partial charge in [-0.3, -0.25) is 4.79 Å². The molecule has 0 saturated carbocycles. The maximum Gasteiger partial charge on any atom is 0.261 e. The van der Waals surface area contributed by atoms with E-state index >= 15 is 0 Å². The molecule has 0 atom stereocenters.